The van der Waals surface area contributed by atoms with Crippen molar-refractivity contribution in [2.75, 3.05) is 19.8 Å². The van der Waals surface area contributed by atoms with Crippen LogP contribution in [0.1, 0.15) is 34.6 Å². The molecule has 2 amide bonds. The number of carbonyl (C=O) groups excluding carboxylic acids is 3. The maximum Gasteiger partial charge on any atom is 0.347 e. The number of fused-ring (bicyclic) bond motifs is 1. The van der Waals surface area contributed by atoms with Crippen LogP contribution in [0.2, 0.25) is 0 Å². The summed E-state index contributed by atoms with van der Waals surface area (Å²) in [5.74, 6) is -2.11. The van der Waals surface area contributed by atoms with Crippen LogP contribution < -0.4 is 14.2 Å². The fourth-order valence-electron chi connectivity index (χ4n) is 2.82. The smallest absolute Gasteiger partial charge is 0.347 e. The van der Waals surface area contributed by atoms with Crippen molar-refractivity contribution in [3.05, 3.63) is 53.6 Å². The molecule has 0 atom stereocenters. The molecule has 1 N–H and O–H groups in total. The zero-order valence-electron chi connectivity index (χ0n) is 16.8. The van der Waals surface area contributed by atoms with Gasteiger partial charge < -0.3 is 14.3 Å². The second kappa shape index (κ2) is 9.14. The Balaban J connectivity index is 1.67. The molecule has 0 unspecified atom stereocenters. The highest BCUT2D eigenvalue weighted by Gasteiger charge is 2.38. The number of hydrogen-bond donors (Lipinski definition) is 1. The Labute approximate surface area is 178 Å². The predicted molar refractivity (Wildman–Crippen MR) is 107 cm³/mol. The molecule has 3 rings (SSSR count). The number of imide groups is 1. The van der Waals surface area contributed by atoms with Gasteiger partial charge in [-0.3, -0.25) is 9.59 Å². The average molecular weight is 448 g/mol. The Hall–Kier alpha value is -3.44. The van der Waals surface area contributed by atoms with Crippen LogP contribution in [0, 0.1) is 0 Å². The van der Waals surface area contributed by atoms with Gasteiger partial charge in [-0.05, 0) is 38.1 Å². The zero-order chi connectivity index (χ0) is 22.6. The van der Waals surface area contributed by atoms with Crippen molar-refractivity contribution in [1.29, 1.82) is 0 Å². The molecule has 0 aromatic heterocycles. The van der Waals surface area contributed by atoms with Crippen LogP contribution in [0.4, 0.5) is 0 Å². The van der Waals surface area contributed by atoms with E-state index in [1.165, 1.54) is 30.3 Å². The van der Waals surface area contributed by atoms with E-state index in [1.807, 2.05) is 0 Å². The van der Waals surface area contributed by atoms with E-state index < -0.39 is 34.4 Å². The zero-order valence-corrected chi connectivity index (χ0v) is 17.6. The molecule has 0 bridgehead atoms. The molecule has 0 spiro atoms. The van der Waals surface area contributed by atoms with Gasteiger partial charge in [-0.15, -0.1) is 0 Å². The first kappa shape index (κ1) is 22.2. The van der Waals surface area contributed by atoms with E-state index in [1.54, 1.807) is 26.0 Å². The second-order valence-corrected chi connectivity index (χ2v) is 7.98. The normalized spacial score (nSPS) is 13.2. The first-order valence-electron chi connectivity index (χ1n) is 9.36. The number of carbonyl (C=O) groups is 3. The first-order chi connectivity index (χ1) is 14.8. The Bertz CT molecular complexity index is 1090. The third-order valence-electron chi connectivity index (χ3n) is 4.18. The van der Waals surface area contributed by atoms with Gasteiger partial charge in [0.25, 0.3) is 11.8 Å². The Morgan fingerprint density at radius 3 is 2.10 bits per heavy atom. The molecule has 0 radical (unpaired) electrons. The summed E-state index contributed by atoms with van der Waals surface area (Å²) in [5.41, 5.74) is 0.192. The molecule has 1 aliphatic heterocycles. The summed E-state index contributed by atoms with van der Waals surface area (Å²) in [5, 5.41) is 0.311. The quantitative estimate of drug-likeness (QED) is 0.572. The summed E-state index contributed by atoms with van der Waals surface area (Å²) in [6, 6.07) is 9.99. The number of rotatable bonds is 9. The van der Waals surface area contributed by atoms with Crippen molar-refractivity contribution in [3.8, 4) is 11.5 Å². The molecule has 0 saturated heterocycles. The highest BCUT2D eigenvalue weighted by atomic mass is 32.2. The Kier molecular flexibility index (Phi) is 6.56. The molecule has 2 aromatic rings. The lowest BCUT2D eigenvalue weighted by molar-refractivity contribution is -0.166. The third kappa shape index (κ3) is 4.67. The van der Waals surface area contributed by atoms with Crippen molar-refractivity contribution >= 4 is 27.8 Å². The summed E-state index contributed by atoms with van der Waals surface area (Å²) in [6.45, 7) is 3.39. The van der Waals surface area contributed by atoms with Gasteiger partial charge >= 0.3 is 5.97 Å². The van der Waals surface area contributed by atoms with Gasteiger partial charge in [-0.2, -0.15) is 4.72 Å². The average Bonchev–Trinajstić information content (AvgIpc) is 2.99. The molecule has 164 valence electrons. The van der Waals surface area contributed by atoms with Gasteiger partial charge in [0.05, 0.1) is 29.2 Å². The first-order valence-corrected chi connectivity index (χ1v) is 10.8. The number of nitrogens with zero attached hydrogens (tertiary/aromatic N) is 1. The van der Waals surface area contributed by atoms with Crippen molar-refractivity contribution in [3.63, 3.8) is 0 Å². The minimum Gasteiger partial charge on any atom is -0.490 e. The summed E-state index contributed by atoms with van der Waals surface area (Å²) >= 11 is 0. The molecular formula is C20H20N2O8S. The van der Waals surface area contributed by atoms with Gasteiger partial charge in [0.2, 0.25) is 10.0 Å². The van der Waals surface area contributed by atoms with Crippen molar-refractivity contribution in [1.82, 2.24) is 9.79 Å². The predicted octanol–water partition coefficient (Wildman–Crippen LogP) is 1.52. The van der Waals surface area contributed by atoms with E-state index in [0.717, 1.165) is 0 Å². The lowest BCUT2D eigenvalue weighted by Gasteiger charge is -2.14. The molecule has 1 heterocycles. The molecule has 11 heteroatoms. The number of nitrogens with one attached hydrogen (secondary N) is 1. The van der Waals surface area contributed by atoms with Crippen LogP contribution in [0.5, 0.6) is 11.5 Å². The Morgan fingerprint density at radius 2 is 1.52 bits per heavy atom. The standard InChI is InChI=1S/C20H20N2O8S/c1-3-28-16-10-9-13(11-17(16)29-4-2)31(26,27)21-12-18(23)30-22-19(24)14-7-5-6-8-15(14)20(22)25/h5-11,21H,3-4,12H2,1-2H3. The van der Waals surface area contributed by atoms with E-state index in [0.29, 0.717) is 24.0 Å². The van der Waals surface area contributed by atoms with Crippen LogP contribution >= 0.6 is 0 Å². The third-order valence-corrected chi connectivity index (χ3v) is 5.58. The molecule has 2 aromatic carbocycles. The fraction of sp³-hybridized carbons (Fsp3) is 0.250. The minimum atomic E-state index is -4.12. The number of ether oxygens (including phenoxy) is 2. The lowest BCUT2D eigenvalue weighted by Crippen LogP contribution is -2.38. The maximum atomic E-state index is 12.5. The van der Waals surface area contributed by atoms with Crippen LogP contribution in [-0.4, -0.2) is 51.0 Å². The summed E-state index contributed by atoms with van der Waals surface area (Å²) in [6.07, 6.45) is 0. The molecule has 0 fully saturated rings. The SMILES string of the molecule is CCOc1ccc(S(=O)(=O)NCC(=O)ON2C(=O)c3ccccc3C2=O)cc1OCC. The lowest BCUT2D eigenvalue weighted by atomic mass is 10.1. The highest BCUT2D eigenvalue weighted by Crippen LogP contribution is 2.30. The van der Waals surface area contributed by atoms with Crippen molar-refractivity contribution in [2.24, 2.45) is 0 Å². The monoisotopic (exact) mass is 448 g/mol. The van der Waals surface area contributed by atoms with Crippen molar-refractivity contribution < 1.29 is 37.1 Å². The van der Waals surface area contributed by atoms with E-state index >= 15 is 0 Å². The van der Waals surface area contributed by atoms with Gasteiger partial charge in [0.15, 0.2) is 11.5 Å². The highest BCUT2D eigenvalue weighted by molar-refractivity contribution is 7.89. The molecular weight excluding hydrogens is 428 g/mol. The molecule has 0 aliphatic carbocycles. The number of amides is 2. The van der Waals surface area contributed by atoms with Gasteiger partial charge in [-0.25, -0.2) is 13.2 Å². The molecule has 1 aliphatic rings. The number of sulfonamides is 1. The van der Waals surface area contributed by atoms with Crippen LogP contribution in [0.3, 0.4) is 0 Å². The Morgan fingerprint density at radius 1 is 0.935 bits per heavy atom. The number of hydrogen-bond acceptors (Lipinski definition) is 8. The van der Waals surface area contributed by atoms with E-state index in [-0.39, 0.29) is 21.8 Å². The topological polar surface area (TPSA) is 128 Å². The summed E-state index contributed by atoms with van der Waals surface area (Å²) in [7, 11) is -4.12. The van der Waals surface area contributed by atoms with Gasteiger partial charge in [0.1, 0.15) is 6.54 Å². The van der Waals surface area contributed by atoms with Crippen LogP contribution in [0.15, 0.2) is 47.4 Å². The number of hydroxylamine groups is 2. The largest absolute Gasteiger partial charge is 0.490 e. The minimum absolute atomic E-state index is 0.0960. The molecule has 31 heavy (non-hydrogen) atoms. The van der Waals surface area contributed by atoms with Crippen LogP contribution in [0.25, 0.3) is 0 Å². The van der Waals surface area contributed by atoms with Crippen LogP contribution in [-0.2, 0) is 19.7 Å². The maximum absolute atomic E-state index is 12.5. The van der Waals surface area contributed by atoms with E-state index in [9.17, 15) is 22.8 Å². The van der Waals surface area contributed by atoms with Gasteiger partial charge in [0, 0.05) is 6.07 Å². The summed E-state index contributed by atoms with van der Waals surface area (Å²) in [4.78, 5) is 41.1. The van der Waals surface area contributed by atoms with E-state index in [2.05, 4.69) is 4.72 Å². The van der Waals surface area contributed by atoms with Gasteiger partial charge in [-0.1, -0.05) is 17.2 Å². The van der Waals surface area contributed by atoms with E-state index in [4.69, 9.17) is 14.3 Å². The number of benzene rings is 2. The molecule has 10 nitrogen and oxygen atoms in total. The fourth-order valence-corrected chi connectivity index (χ4v) is 3.80. The summed E-state index contributed by atoms with van der Waals surface area (Å²) < 4.78 is 38.0. The molecule has 0 saturated carbocycles. The van der Waals surface area contributed by atoms with Crippen molar-refractivity contribution in [2.45, 2.75) is 18.7 Å². The second-order valence-electron chi connectivity index (χ2n) is 6.21.